The molecule has 0 heterocycles. The Kier molecular flexibility index (Phi) is 5.58. The summed E-state index contributed by atoms with van der Waals surface area (Å²) in [4.78, 5) is 13.6. The molecule has 1 aromatic rings. The summed E-state index contributed by atoms with van der Waals surface area (Å²) in [5, 5.41) is 8.76. The number of carbonyl (C=O) groups is 1. The zero-order valence-corrected chi connectivity index (χ0v) is 10.6. The molecule has 0 atom stereocenters. The molecule has 0 aromatic heterocycles. The third-order valence-electron chi connectivity index (χ3n) is 2.66. The number of hydrogen-bond acceptors (Lipinski definition) is 3. The third kappa shape index (κ3) is 3.43. The van der Waals surface area contributed by atoms with Crippen molar-refractivity contribution in [2.75, 3.05) is 26.8 Å². The average molecular weight is 255 g/mol. The summed E-state index contributed by atoms with van der Waals surface area (Å²) in [7, 11) is 1.44. The first-order chi connectivity index (χ1) is 8.63. The van der Waals surface area contributed by atoms with Crippen LogP contribution in [-0.2, 0) is 0 Å². The van der Waals surface area contributed by atoms with E-state index >= 15 is 0 Å². The van der Waals surface area contributed by atoms with Crippen molar-refractivity contribution >= 4 is 5.91 Å². The SMILES string of the molecule is CCN(CCCO)C(=O)c1ccc(OC)cc1F. The molecule has 0 aliphatic carbocycles. The summed E-state index contributed by atoms with van der Waals surface area (Å²) in [5.41, 5.74) is 0.0237. The van der Waals surface area contributed by atoms with Crippen molar-refractivity contribution in [2.45, 2.75) is 13.3 Å². The average Bonchev–Trinajstić information content (AvgIpc) is 2.39. The number of amides is 1. The quantitative estimate of drug-likeness (QED) is 0.841. The van der Waals surface area contributed by atoms with Gasteiger partial charge in [0.05, 0.1) is 12.7 Å². The van der Waals surface area contributed by atoms with Gasteiger partial charge in [0.2, 0.25) is 0 Å². The Balaban J connectivity index is 2.87. The first-order valence-electron chi connectivity index (χ1n) is 5.87. The van der Waals surface area contributed by atoms with Gasteiger partial charge in [-0.25, -0.2) is 4.39 Å². The molecule has 1 rings (SSSR count). The molecule has 18 heavy (non-hydrogen) atoms. The number of rotatable bonds is 6. The number of halogens is 1. The molecule has 0 bridgehead atoms. The van der Waals surface area contributed by atoms with Gasteiger partial charge in [-0.3, -0.25) is 4.79 Å². The summed E-state index contributed by atoms with van der Waals surface area (Å²) in [6.07, 6.45) is 0.483. The van der Waals surface area contributed by atoms with Crippen LogP contribution in [-0.4, -0.2) is 42.7 Å². The number of aliphatic hydroxyl groups is 1. The number of hydrogen-bond donors (Lipinski definition) is 1. The lowest BCUT2D eigenvalue weighted by Gasteiger charge is -2.20. The lowest BCUT2D eigenvalue weighted by Crippen LogP contribution is -2.32. The van der Waals surface area contributed by atoms with E-state index in [2.05, 4.69) is 0 Å². The zero-order chi connectivity index (χ0) is 13.5. The van der Waals surface area contributed by atoms with E-state index < -0.39 is 5.82 Å². The summed E-state index contributed by atoms with van der Waals surface area (Å²) in [6, 6.07) is 4.15. The van der Waals surface area contributed by atoms with E-state index in [-0.39, 0.29) is 18.1 Å². The molecule has 1 N–H and O–H groups in total. The number of methoxy groups -OCH3 is 1. The third-order valence-corrected chi connectivity index (χ3v) is 2.66. The van der Waals surface area contributed by atoms with E-state index in [0.717, 1.165) is 0 Å². The van der Waals surface area contributed by atoms with Crippen molar-refractivity contribution in [2.24, 2.45) is 0 Å². The number of ether oxygens (including phenoxy) is 1. The summed E-state index contributed by atoms with van der Waals surface area (Å²) >= 11 is 0. The number of benzene rings is 1. The van der Waals surface area contributed by atoms with Crippen LogP contribution >= 0.6 is 0 Å². The van der Waals surface area contributed by atoms with Crippen molar-refractivity contribution in [3.63, 3.8) is 0 Å². The van der Waals surface area contributed by atoms with Gasteiger partial charge in [0.1, 0.15) is 11.6 Å². The Bertz CT molecular complexity index is 409. The molecule has 0 unspecified atom stereocenters. The fourth-order valence-electron chi connectivity index (χ4n) is 1.63. The van der Waals surface area contributed by atoms with Crippen LogP contribution in [0.5, 0.6) is 5.75 Å². The van der Waals surface area contributed by atoms with E-state index in [4.69, 9.17) is 9.84 Å². The van der Waals surface area contributed by atoms with Crippen molar-refractivity contribution in [1.29, 1.82) is 0 Å². The second-order valence-electron chi connectivity index (χ2n) is 3.81. The standard InChI is InChI=1S/C13H18FNO3/c1-3-15(7-4-8-16)13(17)11-6-5-10(18-2)9-12(11)14/h5-6,9,16H,3-4,7-8H2,1-2H3. The number of carbonyl (C=O) groups excluding carboxylic acids is 1. The maximum atomic E-state index is 13.7. The topological polar surface area (TPSA) is 49.8 Å². The van der Waals surface area contributed by atoms with Gasteiger partial charge < -0.3 is 14.7 Å². The van der Waals surface area contributed by atoms with Crippen LogP contribution in [0.4, 0.5) is 4.39 Å². The van der Waals surface area contributed by atoms with Gasteiger partial charge in [-0.1, -0.05) is 0 Å². The summed E-state index contributed by atoms with van der Waals surface area (Å²) < 4.78 is 18.6. The first kappa shape index (κ1) is 14.4. The lowest BCUT2D eigenvalue weighted by molar-refractivity contribution is 0.0749. The van der Waals surface area contributed by atoms with Crippen LogP contribution < -0.4 is 4.74 Å². The minimum atomic E-state index is -0.596. The molecule has 1 amide bonds. The Morgan fingerprint density at radius 2 is 2.22 bits per heavy atom. The Labute approximate surface area is 106 Å². The van der Waals surface area contributed by atoms with E-state index in [1.807, 2.05) is 6.92 Å². The van der Waals surface area contributed by atoms with Gasteiger partial charge in [-0.2, -0.15) is 0 Å². The zero-order valence-electron chi connectivity index (χ0n) is 10.6. The molecule has 0 saturated carbocycles. The van der Waals surface area contributed by atoms with Crippen molar-refractivity contribution in [3.8, 4) is 5.75 Å². The molecular formula is C13H18FNO3. The number of nitrogens with zero attached hydrogens (tertiary/aromatic N) is 1. The highest BCUT2D eigenvalue weighted by molar-refractivity contribution is 5.94. The molecule has 0 radical (unpaired) electrons. The van der Waals surface area contributed by atoms with Gasteiger partial charge in [-0.05, 0) is 25.5 Å². The predicted molar refractivity (Wildman–Crippen MR) is 66.2 cm³/mol. The fourth-order valence-corrected chi connectivity index (χ4v) is 1.63. The molecule has 100 valence electrons. The second-order valence-corrected chi connectivity index (χ2v) is 3.81. The molecule has 0 aliphatic rings. The Morgan fingerprint density at radius 1 is 1.50 bits per heavy atom. The van der Waals surface area contributed by atoms with Gasteiger partial charge in [0.25, 0.3) is 5.91 Å². The highest BCUT2D eigenvalue weighted by Crippen LogP contribution is 2.17. The molecule has 1 aromatic carbocycles. The smallest absolute Gasteiger partial charge is 0.256 e. The molecule has 0 saturated heterocycles. The van der Waals surface area contributed by atoms with Gasteiger partial charge in [-0.15, -0.1) is 0 Å². The highest BCUT2D eigenvalue weighted by atomic mass is 19.1. The van der Waals surface area contributed by atoms with Crippen LogP contribution in [0.1, 0.15) is 23.7 Å². The largest absolute Gasteiger partial charge is 0.497 e. The van der Waals surface area contributed by atoms with E-state index in [1.165, 1.54) is 24.1 Å². The molecule has 0 aliphatic heterocycles. The second kappa shape index (κ2) is 6.96. The highest BCUT2D eigenvalue weighted by Gasteiger charge is 2.18. The first-order valence-corrected chi connectivity index (χ1v) is 5.87. The van der Waals surface area contributed by atoms with E-state index in [1.54, 1.807) is 6.07 Å². The Hall–Kier alpha value is -1.62. The van der Waals surface area contributed by atoms with Crippen LogP contribution in [0, 0.1) is 5.82 Å². The maximum Gasteiger partial charge on any atom is 0.256 e. The van der Waals surface area contributed by atoms with Crippen molar-refractivity contribution < 1.29 is 19.0 Å². The molecular weight excluding hydrogens is 237 g/mol. The fraction of sp³-hybridized carbons (Fsp3) is 0.462. The normalized spacial score (nSPS) is 10.2. The van der Waals surface area contributed by atoms with Gasteiger partial charge >= 0.3 is 0 Å². The molecule has 0 fully saturated rings. The summed E-state index contributed by atoms with van der Waals surface area (Å²) in [5.74, 6) is -0.588. The maximum absolute atomic E-state index is 13.7. The van der Waals surface area contributed by atoms with Crippen LogP contribution in [0.2, 0.25) is 0 Å². The van der Waals surface area contributed by atoms with Gasteiger partial charge in [0, 0.05) is 25.8 Å². The van der Waals surface area contributed by atoms with Crippen LogP contribution in [0.15, 0.2) is 18.2 Å². The molecule has 5 heteroatoms. The van der Waals surface area contributed by atoms with E-state index in [9.17, 15) is 9.18 Å². The van der Waals surface area contributed by atoms with Crippen LogP contribution in [0.3, 0.4) is 0 Å². The van der Waals surface area contributed by atoms with Crippen molar-refractivity contribution in [1.82, 2.24) is 4.90 Å². The summed E-state index contributed by atoms with van der Waals surface area (Å²) in [6.45, 7) is 2.72. The van der Waals surface area contributed by atoms with Crippen molar-refractivity contribution in [3.05, 3.63) is 29.6 Å². The van der Waals surface area contributed by atoms with Crippen LogP contribution in [0.25, 0.3) is 0 Å². The van der Waals surface area contributed by atoms with E-state index in [0.29, 0.717) is 25.3 Å². The molecule has 0 spiro atoms. The van der Waals surface area contributed by atoms with Gasteiger partial charge in [0.15, 0.2) is 0 Å². The Morgan fingerprint density at radius 3 is 2.72 bits per heavy atom. The predicted octanol–water partition coefficient (Wildman–Crippen LogP) is 1.68. The minimum absolute atomic E-state index is 0.00880. The lowest BCUT2D eigenvalue weighted by atomic mass is 10.1. The minimum Gasteiger partial charge on any atom is -0.497 e. The monoisotopic (exact) mass is 255 g/mol. The molecule has 4 nitrogen and oxygen atoms in total. The number of aliphatic hydroxyl groups excluding tert-OH is 1.